The Bertz CT molecular complexity index is 1500. The molecule has 0 saturated heterocycles. The number of anilines is 1. The predicted molar refractivity (Wildman–Crippen MR) is 134 cm³/mol. The molecule has 9 nitrogen and oxygen atoms in total. The number of ether oxygens (including phenoxy) is 1. The van der Waals surface area contributed by atoms with E-state index in [-0.39, 0.29) is 45.4 Å². The molecule has 0 fully saturated rings. The van der Waals surface area contributed by atoms with Crippen LogP contribution < -0.4 is 15.4 Å². The molecule has 5 rings (SSSR count). The van der Waals surface area contributed by atoms with Crippen LogP contribution in [0.4, 0.5) is 5.69 Å². The third kappa shape index (κ3) is 3.45. The second-order valence-electron chi connectivity index (χ2n) is 9.77. The number of carbonyl (C=O) groups excluding carboxylic acids is 4. The highest BCUT2D eigenvalue weighted by Gasteiger charge is 2.56. The number of aryl methyl sites for hydroxylation is 1. The highest BCUT2D eigenvalue weighted by Crippen LogP contribution is 2.57. The molecule has 2 atom stereocenters. The van der Waals surface area contributed by atoms with Crippen molar-refractivity contribution in [1.82, 2.24) is 5.32 Å². The topological polar surface area (TPSA) is 142 Å². The number of Topliss-reactive ketones (excluding diaryl/α,β-unsaturated/α-hetero) is 2. The number of ketones is 3. The molecule has 0 bridgehead atoms. The molecule has 9 heteroatoms. The highest BCUT2D eigenvalue weighted by molar-refractivity contribution is 6.31. The molecule has 2 aliphatic heterocycles. The van der Waals surface area contributed by atoms with E-state index >= 15 is 0 Å². The van der Waals surface area contributed by atoms with Gasteiger partial charge < -0.3 is 25.6 Å². The lowest BCUT2D eigenvalue weighted by Gasteiger charge is -2.29. The molecular formula is C28H26N2O7. The van der Waals surface area contributed by atoms with Crippen molar-refractivity contribution in [3.05, 3.63) is 69.6 Å². The second-order valence-corrected chi connectivity index (χ2v) is 9.77. The van der Waals surface area contributed by atoms with Crippen LogP contribution in [0.15, 0.2) is 47.4 Å². The van der Waals surface area contributed by atoms with E-state index in [2.05, 4.69) is 10.6 Å². The summed E-state index contributed by atoms with van der Waals surface area (Å²) in [4.78, 5) is 52.3. The number of benzene rings is 2. The van der Waals surface area contributed by atoms with Crippen molar-refractivity contribution in [2.75, 3.05) is 5.32 Å². The van der Waals surface area contributed by atoms with Gasteiger partial charge >= 0.3 is 0 Å². The highest BCUT2D eigenvalue weighted by atomic mass is 16.5. The second kappa shape index (κ2) is 8.33. The molecule has 3 aliphatic rings. The van der Waals surface area contributed by atoms with Gasteiger partial charge in [0, 0.05) is 23.0 Å². The van der Waals surface area contributed by atoms with Crippen LogP contribution in [0.1, 0.15) is 54.2 Å². The first-order chi connectivity index (χ1) is 17.5. The van der Waals surface area contributed by atoms with Gasteiger partial charge in [-0.25, -0.2) is 0 Å². The Kier molecular flexibility index (Phi) is 5.47. The maximum absolute atomic E-state index is 13.9. The first kappa shape index (κ1) is 24.3. The monoisotopic (exact) mass is 502 g/mol. The minimum atomic E-state index is -1.61. The van der Waals surface area contributed by atoms with Crippen LogP contribution in [0, 0.1) is 6.92 Å². The van der Waals surface area contributed by atoms with Crippen molar-refractivity contribution in [2.24, 2.45) is 0 Å². The average molecular weight is 503 g/mol. The van der Waals surface area contributed by atoms with E-state index in [1.807, 2.05) is 24.3 Å². The summed E-state index contributed by atoms with van der Waals surface area (Å²) in [5, 5.41) is 27.4. The number of fused-ring (bicyclic) bond motifs is 4. The molecule has 2 unspecified atom stereocenters. The number of amides is 1. The van der Waals surface area contributed by atoms with Gasteiger partial charge in [-0.15, -0.1) is 0 Å². The summed E-state index contributed by atoms with van der Waals surface area (Å²) >= 11 is 0. The Morgan fingerprint density at radius 2 is 1.84 bits per heavy atom. The molecule has 0 radical (unpaired) electrons. The van der Waals surface area contributed by atoms with Crippen LogP contribution in [0.5, 0.6) is 17.2 Å². The minimum absolute atomic E-state index is 0.0182. The van der Waals surface area contributed by atoms with Gasteiger partial charge in [-0.3, -0.25) is 19.2 Å². The van der Waals surface area contributed by atoms with Gasteiger partial charge in [0.15, 0.2) is 17.3 Å². The molecule has 2 aromatic carbocycles. The lowest BCUT2D eigenvalue weighted by atomic mass is 9.70. The number of hydrogen-bond donors (Lipinski definition) is 4. The number of hydrogen-bond acceptors (Lipinski definition) is 8. The predicted octanol–water partition coefficient (Wildman–Crippen LogP) is 3.11. The van der Waals surface area contributed by atoms with Crippen molar-refractivity contribution < 1.29 is 34.1 Å². The molecule has 2 aromatic rings. The zero-order valence-electron chi connectivity index (χ0n) is 20.8. The molecule has 0 saturated carbocycles. The summed E-state index contributed by atoms with van der Waals surface area (Å²) in [6.45, 7) is 5.71. The smallest absolute Gasteiger partial charge is 0.246 e. The minimum Gasteiger partial charge on any atom is -0.507 e. The van der Waals surface area contributed by atoms with Crippen LogP contribution in [-0.4, -0.2) is 39.5 Å². The fourth-order valence-electron chi connectivity index (χ4n) is 5.34. The van der Waals surface area contributed by atoms with Crippen LogP contribution in [-0.2, 0) is 26.2 Å². The molecule has 1 amide bonds. The molecule has 190 valence electrons. The average Bonchev–Trinajstić information content (AvgIpc) is 3.03. The summed E-state index contributed by atoms with van der Waals surface area (Å²) in [6, 6.07) is 6.79. The fraction of sp³-hybridized carbons (Fsp3) is 0.286. The number of rotatable bonds is 3. The van der Waals surface area contributed by atoms with E-state index in [0.29, 0.717) is 12.8 Å². The van der Waals surface area contributed by atoms with Crippen LogP contribution >= 0.6 is 0 Å². The van der Waals surface area contributed by atoms with Crippen molar-refractivity contribution in [3.8, 4) is 17.2 Å². The van der Waals surface area contributed by atoms with Gasteiger partial charge in [-0.05, 0) is 52.2 Å². The number of aromatic hydroxyl groups is 2. The molecule has 0 aromatic heterocycles. The lowest BCUT2D eigenvalue weighted by molar-refractivity contribution is -0.124. The van der Waals surface area contributed by atoms with Crippen molar-refractivity contribution >= 4 is 28.9 Å². The van der Waals surface area contributed by atoms with E-state index < -0.39 is 40.3 Å². The number of para-hydroxylation sites is 1. The summed E-state index contributed by atoms with van der Waals surface area (Å²) in [6.07, 6.45) is 2.21. The maximum atomic E-state index is 13.9. The molecule has 1 aliphatic carbocycles. The van der Waals surface area contributed by atoms with Crippen LogP contribution in [0.3, 0.4) is 0 Å². The first-order valence-electron chi connectivity index (χ1n) is 11.9. The Balaban J connectivity index is 1.56. The Hall–Kier alpha value is -4.40. The van der Waals surface area contributed by atoms with E-state index in [4.69, 9.17) is 4.74 Å². The number of phenolic OH excluding ortho intramolecular Hbond substituents is 2. The Labute approximate surface area is 212 Å². The van der Waals surface area contributed by atoms with E-state index in [1.165, 1.54) is 20.8 Å². The first-order valence-corrected chi connectivity index (χ1v) is 11.9. The Morgan fingerprint density at radius 3 is 2.54 bits per heavy atom. The zero-order valence-corrected chi connectivity index (χ0v) is 20.8. The number of phenols is 2. The van der Waals surface area contributed by atoms with Gasteiger partial charge in [0.1, 0.15) is 40.0 Å². The molecule has 0 spiro atoms. The summed E-state index contributed by atoms with van der Waals surface area (Å²) in [5.74, 6) is -3.10. The molecular weight excluding hydrogens is 476 g/mol. The van der Waals surface area contributed by atoms with Crippen LogP contribution in [0.25, 0.3) is 0 Å². The van der Waals surface area contributed by atoms with Gasteiger partial charge in [-0.2, -0.15) is 0 Å². The van der Waals surface area contributed by atoms with Crippen LogP contribution in [0.2, 0.25) is 0 Å². The standard InChI is InChI=1S/C28H26N2O7/c1-12-23(33)21(14(3)31)25-22(24(12)34)28(4)19(37-25)11-18(32)20(26(28)35)13(2)29-17-10-9-15-7-5-6-8-16(15)30-27(17)36/h5-8,11,17,29,33-34H,9-10H2,1-4H3,(H,30,36). The van der Waals surface area contributed by atoms with E-state index in [1.54, 1.807) is 6.92 Å². The third-order valence-electron chi connectivity index (χ3n) is 7.44. The SMILES string of the molecule is CC(=O)c1c(O)c(C)c(O)c2c1OC1=CC(=O)C(=C(C)NC3CCc4ccccc4NC3=O)C(=O)C12C. The van der Waals surface area contributed by atoms with Crippen molar-refractivity contribution in [2.45, 2.75) is 52.0 Å². The summed E-state index contributed by atoms with van der Waals surface area (Å²) < 4.78 is 5.78. The third-order valence-corrected chi connectivity index (χ3v) is 7.44. The van der Waals surface area contributed by atoms with Gasteiger partial charge in [0.05, 0.1) is 11.1 Å². The van der Waals surface area contributed by atoms with Gasteiger partial charge in [-0.1, -0.05) is 18.2 Å². The zero-order chi connectivity index (χ0) is 26.8. The van der Waals surface area contributed by atoms with Crippen molar-refractivity contribution in [3.63, 3.8) is 0 Å². The summed E-state index contributed by atoms with van der Waals surface area (Å²) in [7, 11) is 0. The quantitative estimate of drug-likeness (QED) is 0.285. The van der Waals surface area contributed by atoms with E-state index in [0.717, 1.165) is 17.3 Å². The Morgan fingerprint density at radius 1 is 1.14 bits per heavy atom. The van der Waals surface area contributed by atoms with Gasteiger partial charge in [0.25, 0.3) is 0 Å². The summed E-state index contributed by atoms with van der Waals surface area (Å²) in [5.41, 5.74) is 0.0137. The normalized spacial score (nSPS) is 23.6. The largest absolute Gasteiger partial charge is 0.507 e. The number of carbonyl (C=O) groups is 4. The van der Waals surface area contributed by atoms with E-state index in [9.17, 15) is 29.4 Å². The van der Waals surface area contributed by atoms with Gasteiger partial charge in [0.2, 0.25) is 5.91 Å². The molecule has 37 heavy (non-hydrogen) atoms. The molecule has 4 N–H and O–H groups in total. The number of nitrogens with one attached hydrogen (secondary N) is 2. The fourth-order valence-corrected chi connectivity index (χ4v) is 5.34. The van der Waals surface area contributed by atoms with Crippen molar-refractivity contribution in [1.29, 1.82) is 0 Å². The molecule has 2 heterocycles. The number of allylic oxidation sites excluding steroid dienone is 4. The lowest BCUT2D eigenvalue weighted by Crippen LogP contribution is -2.44. The maximum Gasteiger partial charge on any atom is 0.246 e.